The average molecular weight is 179 g/mol. The molecule has 1 aromatic heterocycles. The summed E-state index contributed by atoms with van der Waals surface area (Å²) in [5, 5.41) is 4.51. The Morgan fingerprint density at radius 2 is 2.38 bits per heavy atom. The number of nitrogens with zero attached hydrogens (tertiary/aromatic N) is 2. The van der Waals surface area contributed by atoms with Gasteiger partial charge in [-0.15, -0.1) is 0 Å². The van der Waals surface area contributed by atoms with E-state index < -0.39 is 0 Å². The summed E-state index contributed by atoms with van der Waals surface area (Å²) in [7, 11) is 0. The molecule has 2 N–H and O–H groups in total. The first-order chi connectivity index (χ1) is 6.31. The molecule has 0 aromatic carbocycles. The van der Waals surface area contributed by atoms with E-state index in [0.717, 1.165) is 18.7 Å². The lowest BCUT2D eigenvalue weighted by atomic mass is 9.93. The number of hydrogen-bond acceptors (Lipinski definition) is 2. The van der Waals surface area contributed by atoms with Crippen LogP contribution in [-0.4, -0.2) is 16.3 Å². The van der Waals surface area contributed by atoms with Gasteiger partial charge in [-0.05, 0) is 44.7 Å². The third kappa shape index (κ3) is 1.61. The molecule has 72 valence electrons. The van der Waals surface area contributed by atoms with Crippen molar-refractivity contribution >= 4 is 0 Å². The maximum Gasteiger partial charge on any atom is 0.0626 e. The maximum atomic E-state index is 5.52. The zero-order valence-electron chi connectivity index (χ0n) is 8.16. The topological polar surface area (TPSA) is 43.8 Å². The molecule has 1 heterocycles. The molecule has 1 aliphatic rings. The summed E-state index contributed by atoms with van der Waals surface area (Å²) in [6.07, 6.45) is 7.08. The van der Waals surface area contributed by atoms with Crippen LogP contribution in [0.2, 0.25) is 0 Å². The molecule has 1 aliphatic carbocycles. The van der Waals surface area contributed by atoms with Crippen molar-refractivity contribution < 1.29 is 0 Å². The van der Waals surface area contributed by atoms with E-state index in [1.165, 1.54) is 24.8 Å². The van der Waals surface area contributed by atoms with Crippen molar-refractivity contribution in [2.24, 2.45) is 5.73 Å². The molecular formula is C10H17N3. The Balaban J connectivity index is 2.14. The van der Waals surface area contributed by atoms with Crippen LogP contribution in [0.15, 0.2) is 6.20 Å². The minimum atomic E-state index is 0.672. The number of aromatic nitrogens is 2. The van der Waals surface area contributed by atoms with Crippen molar-refractivity contribution in [3.8, 4) is 0 Å². The van der Waals surface area contributed by atoms with Crippen molar-refractivity contribution in [1.29, 1.82) is 0 Å². The zero-order valence-corrected chi connectivity index (χ0v) is 8.16. The van der Waals surface area contributed by atoms with Gasteiger partial charge < -0.3 is 5.73 Å². The SMILES string of the molecule is Cc1nn(C2CCC2)cc1CCN. The van der Waals surface area contributed by atoms with Crippen LogP contribution in [0.1, 0.15) is 36.6 Å². The standard InChI is InChI=1S/C10H17N3/c1-8-9(5-6-11)7-13(12-8)10-3-2-4-10/h7,10H,2-6,11H2,1H3. The Kier molecular flexibility index (Phi) is 2.36. The Morgan fingerprint density at radius 3 is 2.92 bits per heavy atom. The number of aryl methyl sites for hydroxylation is 1. The van der Waals surface area contributed by atoms with Crippen molar-refractivity contribution in [2.45, 2.75) is 38.6 Å². The van der Waals surface area contributed by atoms with Crippen molar-refractivity contribution in [2.75, 3.05) is 6.54 Å². The summed E-state index contributed by atoms with van der Waals surface area (Å²) in [5.41, 5.74) is 7.99. The molecule has 0 amide bonds. The minimum absolute atomic E-state index is 0.672. The van der Waals surface area contributed by atoms with Gasteiger partial charge in [-0.3, -0.25) is 4.68 Å². The molecule has 1 fully saturated rings. The summed E-state index contributed by atoms with van der Waals surface area (Å²) < 4.78 is 2.13. The summed E-state index contributed by atoms with van der Waals surface area (Å²) in [4.78, 5) is 0. The molecule has 1 saturated carbocycles. The zero-order chi connectivity index (χ0) is 9.26. The van der Waals surface area contributed by atoms with Gasteiger partial charge in [0, 0.05) is 6.20 Å². The Bertz CT molecular complexity index is 286. The van der Waals surface area contributed by atoms with Gasteiger partial charge in [0.2, 0.25) is 0 Å². The van der Waals surface area contributed by atoms with E-state index in [0.29, 0.717) is 6.04 Å². The smallest absolute Gasteiger partial charge is 0.0626 e. The highest BCUT2D eigenvalue weighted by Crippen LogP contribution is 2.31. The van der Waals surface area contributed by atoms with Gasteiger partial charge in [0.05, 0.1) is 11.7 Å². The predicted molar refractivity (Wildman–Crippen MR) is 52.6 cm³/mol. The number of hydrogen-bond donors (Lipinski definition) is 1. The monoisotopic (exact) mass is 179 g/mol. The Labute approximate surface area is 78.9 Å². The molecule has 0 bridgehead atoms. The second-order valence-electron chi connectivity index (χ2n) is 3.84. The molecule has 3 heteroatoms. The first kappa shape index (κ1) is 8.75. The summed E-state index contributed by atoms with van der Waals surface area (Å²) in [6.45, 7) is 2.79. The number of nitrogens with two attached hydrogens (primary N) is 1. The van der Waals surface area contributed by atoms with Crippen molar-refractivity contribution in [1.82, 2.24) is 9.78 Å². The van der Waals surface area contributed by atoms with Crippen LogP contribution in [-0.2, 0) is 6.42 Å². The Morgan fingerprint density at radius 1 is 1.62 bits per heavy atom. The van der Waals surface area contributed by atoms with Crippen molar-refractivity contribution in [3.63, 3.8) is 0 Å². The van der Waals surface area contributed by atoms with Crippen LogP contribution in [0.4, 0.5) is 0 Å². The highest BCUT2D eigenvalue weighted by Gasteiger charge is 2.20. The number of rotatable bonds is 3. The quantitative estimate of drug-likeness (QED) is 0.762. The molecule has 3 nitrogen and oxygen atoms in total. The van der Waals surface area contributed by atoms with E-state index in [4.69, 9.17) is 5.73 Å². The summed E-state index contributed by atoms with van der Waals surface area (Å²) in [5.74, 6) is 0. The fourth-order valence-electron chi connectivity index (χ4n) is 1.76. The third-order valence-electron chi connectivity index (χ3n) is 2.88. The largest absolute Gasteiger partial charge is 0.330 e. The van der Waals surface area contributed by atoms with E-state index in [1.807, 2.05) is 0 Å². The van der Waals surface area contributed by atoms with Gasteiger partial charge in [0.25, 0.3) is 0 Å². The lowest BCUT2D eigenvalue weighted by Crippen LogP contribution is -2.17. The van der Waals surface area contributed by atoms with Crippen LogP contribution < -0.4 is 5.73 Å². The second-order valence-corrected chi connectivity index (χ2v) is 3.84. The molecular weight excluding hydrogens is 162 g/mol. The van der Waals surface area contributed by atoms with E-state index in [1.54, 1.807) is 0 Å². The summed E-state index contributed by atoms with van der Waals surface area (Å²) >= 11 is 0. The van der Waals surface area contributed by atoms with Gasteiger partial charge in [0.1, 0.15) is 0 Å². The fourth-order valence-corrected chi connectivity index (χ4v) is 1.76. The maximum absolute atomic E-state index is 5.52. The molecule has 0 spiro atoms. The second kappa shape index (κ2) is 3.50. The van der Waals surface area contributed by atoms with Gasteiger partial charge in [-0.1, -0.05) is 0 Å². The van der Waals surface area contributed by atoms with E-state index >= 15 is 0 Å². The van der Waals surface area contributed by atoms with Gasteiger partial charge >= 0.3 is 0 Å². The Hall–Kier alpha value is -0.830. The van der Waals surface area contributed by atoms with Gasteiger partial charge in [-0.25, -0.2) is 0 Å². The molecule has 0 unspecified atom stereocenters. The van der Waals surface area contributed by atoms with Crippen LogP contribution in [0.3, 0.4) is 0 Å². The molecule has 2 rings (SSSR count). The molecule has 0 radical (unpaired) electrons. The highest BCUT2D eigenvalue weighted by molar-refractivity contribution is 5.16. The van der Waals surface area contributed by atoms with E-state index in [-0.39, 0.29) is 0 Å². The first-order valence-corrected chi connectivity index (χ1v) is 5.06. The normalized spacial score (nSPS) is 17.4. The lowest BCUT2D eigenvalue weighted by molar-refractivity contribution is 0.288. The fraction of sp³-hybridized carbons (Fsp3) is 0.700. The molecule has 1 aromatic rings. The average Bonchev–Trinajstić information content (AvgIpc) is 2.30. The van der Waals surface area contributed by atoms with Crippen molar-refractivity contribution in [3.05, 3.63) is 17.5 Å². The van der Waals surface area contributed by atoms with Crippen LogP contribution in [0.5, 0.6) is 0 Å². The van der Waals surface area contributed by atoms with Crippen LogP contribution in [0, 0.1) is 6.92 Å². The van der Waals surface area contributed by atoms with E-state index in [9.17, 15) is 0 Å². The van der Waals surface area contributed by atoms with E-state index in [2.05, 4.69) is 22.9 Å². The van der Waals surface area contributed by atoms with Gasteiger partial charge in [0.15, 0.2) is 0 Å². The van der Waals surface area contributed by atoms with Gasteiger partial charge in [-0.2, -0.15) is 5.10 Å². The molecule has 13 heavy (non-hydrogen) atoms. The van der Waals surface area contributed by atoms with Crippen LogP contribution >= 0.6 is 0 Å². The lowest BCUT2D eigenvalue weighted by Gasteiger charge is -2.25. The molecule has 0 atom stereocenters. The summed E-state index contributed by atoms with van der Waals surface area (Å²) in [6, 6.07) is 0.672. The first-order valence-electron chi connectivity index (χ1n) is 5.06. The predicted octanol–water partition coefficient (Wildman–Crippen LogP) is 1.42. The third-order valence-corrected chi connectivity index (χ3v) is 2.88. The minimum Gasteiger partial charge on any atom is -0.330 e. The molecule has 0 saturated heterocycles. The molecule has 0 aliphatic heterocycles. The highest BCUT2D eigenvalue weighted by atomic mass is 15.3. The van der Waals surface area contributed by atoms with Crippen LogP contribution in [0.25, 0.3) is 0 Å².